The molecule has 1 saturated carbocycles. The summed E-state index contributed by atoms with van der Waals surface area (Å²) in [6, 6.07) is 8.97. The lowest BCUT2D eigenvalue weighted by Crippen LogP contribution is -2.48. The molecule has 2 aliphatic rings. The van der Waals surface area contributed by atoms with Gasteiger partial charge in [0.2, 0.25) is 5.91 Å². The molecule has 2 amide bonds. The Kier molecular flexibility index (Phi) is 6.55. The van der Waals surface area contributed by atoms with E-state index in [2.05, 4.69) is 38.1 Å². The molecule has 2 fully saturated rings. The first-order valence-corrected chi connectivity index (χ1v) is 11.0. The van der Waals surface area contributed by atoms with Crippen LogP contribution in [0.2, 0.25) is 0 Å². The Bertz CT molecular complexity index is 717. The van der Waals surface area contributed by atoms with Crippen LogP contribution in [0.25, 0.3) is 0 Å². The van der Waals surface area contributed by atoms with Crippen molar-refractivity contribution in [2.24, 2.45) is 5.92 Å². The fourth-order valence-corrected chi connectivity index (χ4v) is 3.88. The molecule has 1 aromatic carbocycles. The van der Waals surface area contributed by atoms with Crippen LogP contribution in [-0.2, 0) is 16.1 Å². The van der Waals surface area contributed by atoms with Crippen molar-refractivity contribution in [3.8, 4) is 0 Å². The standard InChI is InChI=1S/C24H36N2O3/c1-17(2)19-10-8-18(9-11-19)15-26(21-12-13-21)22(27)20-7-6-14-25(16-20)23(28)29-24(3,4)5/h8-11,17,20-21H,6-7,12-16H2,1-5H3/t20-/m1/s1. The summed E-state index contributed by atoms with van der Waals surface area (Å²) in [5.41, 5.74) is 1.98. The molecule has 160 valence electrons. The summed E-state index contributed by atoms with van der Waals surface area (Å²) < 4.78 is 5.51. The molecule has 1 atom stereocenters. The van der Waals surface area contributed by atoms with Crippen LogP contribution in [-0.4, -0.2) is 46.5 Å². The first kappa shape index (κ1) is 21.7. The van der Waals surface area contributed by atoms with Gasteiger partial charge in [0.05, 0.1) is 5.92 Å². The lowest BCUT2D eigenvalue weighted by molar-refractivity contribution is -0.138. The number of ether oxygens (including phenoxy) is 1. The second kappa shape index (κ2) is 8.76. The van der Waals surface area contributed by atoms with Gasteiger partial charge in [-0.15, -0.1) is 0 Å². The maximum Gasteiger partial charge on any atom is 0.410 e. The molecule has 1 aromatic rings. The molecule has 0 radical (unpaired) electrons. The van der Waals surface area contributed by atoms with Crippen LogP contribution in [0.3, 0.4) is 0 Å². The molecular weight excluding hydrogens is 364 g/mol. The molecule has 1 aliphatic carbocycles. The summed E-state index contributed by atoms with van der Waals surface area (Å²) in [7, 11) is 0. The quantitative estimate of drug-likeness (QED) is 0.703. The lowest BCUT2D eigenvalue weighted by Gasteiger charge is -2.36. The smallest absolute Gasteiger partial charge is 0.410 e. The van der Waals surface area contributed by atoms with Gasteiger partial charge in [-0.3, -0.25) is 4.79 Å². The van der Waals surface area contributed by atoms with Crippen LogP contribution in [0.4, 0.5) is 4.79 Å². The maximum atomic E-state index is 13.4. The highest BCUT2D eigenvalue weighted by molar-refractivity contribution is 5.81. The summed E-state index contributed by atoms with van der Waals surface area (Å²) in [4.78, 5) is 29.6. The minimum Gasteiger partial charge on any atom is -0.444 e. The number of amides is 2. The summed E-state index contributed by atoms with van der Waals surface area (Å²) >= 11 is 0. The monoisotopic (exact) mass is 400 g/mol. The van der Waals surface area contributed by atoms with E-state index in [1.807, 2.05) is 25.7 Å². The number of hydrogen-bond donors (Lipinski definition) is 0. The van der Waals surface area contributed by atoms with Crippen molar-refractivity contribution < 1.29 is 14.3 Å². The van der Waals surface area contributed by atoms with Gasteiger partial charge in [-0.1, -0.05) is 38.1 Å². The first-order chi connectivity index (χ1) is 13.6. The number of carbonyl (C=O) groups excluding carboxylic acids is 2. The van der Waals surface area contributed by atoms with Crippen molar-refractivity contribution in [3.63, 3.8) is 0 Å². The van der Waals surface area contributed by atoms with Gasteiger partial charge in [-0.25, -0.2) is 4.79 Å². The molecule has 5 heteroatoms. The second-order valence-electron chi connectivity index (χ2n) is 9.86. The minimum absolute atomic E-state index is 0.133. The van der Waals surface area contributed by atoms with Gasteiger partial charge in [-0.2, -0.15) is 0 Å². The number of carbonyl (C=O) groups is 2. The van der Waals surface area contributed by atoms with Crippen molar-refractivity contribution in [2.45, 2.75) is 84.4 Å². The number of rotatable bonds is 5. The van der Waals surface area contributed by atoms with E-state index in [1.54, 1.807) is 4.90 Å². The third kappa shape index (κ3) is 5.97. The summed E-state index contributed by atoms with van der Waals surface area (Å²) in [5, 5.41) is 0. The van der Waals surface area contributed by atoms with Gasteiger partial charge in [-0.05, 0) is 63.5 Å². The van der Waals surface area contributed by atoms with Gasteiger partial charge in [0, 0.05) is 25.7 Å². The zero-order chi connectivity index (χ0) is 21.2. The molecule has 5 nitrogen and oxygen atoms in total. The number of hydrogen-bond acceptors (Lipinski definition) is 3. The molecule has 0 aromatic heterocycles. The highest BCUT2D eigenvalue weighted by Crippen LogP contribution is 2.32. The normalized spacial score (nSPS) is 19.9. The molecule has 0 N–H and O–H groups in total. The van der Waals surface area contributed by atoms with Crippen LogP contribution >= 0.6 is 0 Å². The van der Waals surface area contributed by atoms with Crippen LogP contribution in [0.15, 0.2) is 24.3 Å². The third-order valence-corrected chi connectivity index (χ3v) is 5.69. The molecule has 0 spiro atoms. The number of benzene rings is 1. The van der Waals surface area contributed by atoms with E-state index >= 15 is 0 Å². The van der Waals surface area contributed by atoms with Crippen molar-refractivity contribution in [1.29, 1.82) is 0 Å². The van der Waals surface area contributed by atoms with Gasteiger partial charge in [0.1, 0.15) is 5.60 Å². The van der Waals surface area contributed by atoms with E-state index < -0.39 is 5.60 Å². The third-order valence-electron chi connectivity index (χ3n) is 5.69. The predicted octanol–water partition coefficient (Wildman–Crippen LogP) is 4.95. The molecule has 1 heterocycles. The number of piperidine rings is 1. The molecule has 0 bridgehead atoms. The topological polar surface area (TPSA) is 49.9 Å². The van der Waals surface area contributed by atoms with E-state index in [1.165, 1.54) is 11.1 Å². The van der Waals surface area contributed by atoms with E-state index in [9.17, 15) is 9.59 Å². The van der Waals surface area contributed by atoms with Gasteiger partial charge >= 0.3 is 6.09 Å². The predicted molar refractivity (Wildman–Crippen MR) is 115 cm³/mol. The molecule has 3 rings (SSSR count). The van der Waals surface area contributed by atoms with E-state index in [0.717, 1.165) is 25.7 Å². The Morgan fingerprint density at radius 2 is 1.79 bits per heavy atom. The van der Waals surface area contributed by atoms with Crippen molar-refractivity contribution in [1.82, 2.24) is 9.80 Å². The average molecular weight is 401 g/mol. The molecule has 0 unspecified atom stereocenters. The van der Waals surface area contributed by atoms with E-state index in [0.29, 0.717) is 31.6 Å². The zero-order valence-electron chi connectivity index (χ0n) is 18.6. The SMILES string of the molecule is CC(C)c1ccc(CN(C(=O)[C@@H]2CCCN(C(=O)OC(C)(C)C)C2)C2CC2)cc1. The Morgan fingerprint density at radius 3 is 2.34 bits per heavy atom. The van der Waals surface area contributed by atoms with Crippen molar-refractivity contribution in [2.75, 3.05) is 13.1 Å². The van der Waals surface area contributed by atoms with Crippen molar-refractivity contribution in [3.05, 3.63) is 35.4 Å². The first-order valence-electron chi connectivity index (χ1n) is 11.0. The second-order valence-corrected chi connectivity index (χ2v) is 9.86. The summed E-state index contributed by atoms with van der Waals surface area (Å²) in [6.45, 7) is 11.8. The van der Waals surface area contributed by atoms with Crippen LogP contribution in [0, 0.1) is 5.92 Å². The van der Waals surface area contributed by atoms with Gasteiger partial charge < -0.3 is 14.5 Å². The molecule has 1 saturated heterocycles. The molecular formula is C24H36N2O3. The fourth-order valence-electron chi connectivity index (χ4n) is 3.88. The zero-order valence-corrected chi connectivity index (χ0v) is 18.6. The maximum absolute atomic E-state index is 13.4. The van der Waals surface area contributed by atoms with Crippen molar-refractivity contribution >= 4 is 12.0 Å². The van der Waals surface area contributed by atoms with Gasteiger partial charge in [0.25, 0.3) is 0 Å². The Hall–Kier alpha value is -2.04. The fraction of sp³-hybridized carbons (Fsp3) is 0.667. The van der Waals surface area contributed by atoms with Gasteiger partial charge in [0.15, 0.2) is 0 Å². The summed E-state index contributed by atoms with van der Waals surface area (Å²) in [6.07, 6.45) is 3.54. The Labute approximate surface area is 175 Å². The summed E-state index contributed by atoms with van der Waals surface area (Å²) in [5.74, 6) is 0.562. The average Bonchev–Trinajstić information content (AvgIpc) is 3.50. The highest BCUT2D eigenvalue weighted by atomic mass is 16.6. The molecule has 29 heavy (non-hydrogen) atoms. The van der Waals surface area contributed by atoms with Crippen LogP contribution in [0.1, 0.15) is 77.3 Å². The Balaban J connectivity index is 1.65. The van der Waals surface area contributed by atoms with E-state index in [-0.39, 0.29) is 17.9 Å². The molecule has 1 aliphatic heterocycles. The minimum atomic E-state index is -0.518. The Morgan fingerprint density at radius 1 is 1.14 bits per heavy atom. The largest absolute Gasteiger partial charge is 0.444 e. The number of likely N-dealkylation sites (tertiary alicyclic amines) is 1. The lowest BCUT2D eigenvalue weighted by atomic mass is 9.96. The highest BCUT2D eigenvalue weighted by Gasteiger charge is 2.38. The number of nitrogens with zero attached hydrogens (tertiary/aromatic N) is 2. The van der Waals surface area contributed by atoms with Crippen LogP contribution in [0.5, 0.6) is 0 Å². The van der Waals surface area contributed by atoms with E-state index in [4.69, 9.17) is 4.74 Å². The van der Waals surface area contributed by atoms with Crippen LogP contribution < -0.4 is 0 Å².